The van der Waals surface area contributed by atoms with Crippen molar-refractivity contribution in [2.75, 3.05) is 44.6 Å². The Morgan fingerprint density at radius 2 is 1.91 bits per heavy atom. The highest BCUT2D eigenvalue weighted by atomic mass is 35.5. The standard InChI is InChI=1S/C27H28ClF3N10O3/c28-20-12-15(1-2-18(20)25(43)40-7-9-41(10-8-40)26(44)37-16-4-6-33-13-16)36-24(42)23-34-14-17(35-23)11-19-21(3-5-32)38-39-22(19)27(29,30)31/h1-2,12,14,16,33H,3-4,6-11,13H2,(H,34,35)(H,36,42)(H,37,44)(H,38,39)/t16-/m0/s1. The first kappa shape index (κ1) is 30.8. The molecule has 0 bridgehead atoms. The van der Waals surface area contributed by atoms with Gasteiger partial charge in [0.25, 0.3) is 11.8 Å². The van der Waals surface area contributed by atoms with Crippen molar-refractivity contribution in [3.8, 4) is 6.07 Å². The molecule has 17 heteroatoms. The van der Waals surface area contributed by atoms with Crippen LogP contribution in [0.1, 0.15) is 50.0 Å². The molecule has 2 fully saturated rings. The first-order chi connectivity index (χ1) is 21.0. The third kappa shape index (κ3) is 6.95. The number of alkyl halides is 3. The highest BCUT2D eigenvalue weighted by molar-refractivity contribution is 6.34. The lowest BCUT2D eigenvalue weighted by Crippen LogP contribution is -2.54. The number of nitriles is 1. The predicted molar refractivity (Wildman–Crippen MR) is 151 cm³/mol. The van der Waals surface area contributed by atoms with E-state index in [4.69, 9.17) is 16.9 Å². The summed E-state index contributed by atoms with van der Waals surface area (Å²) in [4.78, 5) is 48.4. The maximum atomic E-state index is 13.4. The SMILES string of the molecule is N#CCc1[nH]nc(C(F)(F)F)c1Cc1cnc(C(=O)Nc2ccc(C(=O)N3CCN(C(=O)N[C@H]4CCNC4)CC3)c(Cl)c2)[nH]1. The molecule has 2 aliphatic rings. The molecule has 2 aromatic heterocycles. The number of hydrogen-bond acceptors (Lipinski definition) is 7. The van der Waals surface area contributed by atoms with Crippen molar-refractivity contribution in [3.63, 3.8) is 0 Å². The summed E-state index contributed by atoms with van der Waals surface area (Å²) in [5, 5.41) is 23.4. The summed E-state index contributed by atoms with van der Waals surface area (Å²) in [5.74, 6) is -1.16. The molecule has 5 rings (SSSR count). The number of imidazole rings is 1. The summed E-state index contributed by atoms with van der Waals surface area (Å²) >= 11 is 6.40. The molecule has 1 aromatic carbocycles. The monoisotopic (exact) mass is 632 g/mol. The van der Waals surface area contributed by atoms with Gasteiger partial charge >= 0.3 is 12.2 Å². The van der Waals surface area contributed by atoms with Crippen LogP contribution >= 0.6 is 11.6 Å². The van der Waals surface area contributed by atoms with Gasteiger partial charge in [-0.15, -0.1) is 0 Å². The van der Waals surface area contributed by atoms with Gasteiger partial charge < -0.3 is 30.7 Å². The Kier molecular flexibility index (Phi) is 9.06. The Hall–Kier alpha value is -4.62. The normalized spacial score (nSPS) is 16.9. The molecule has 2 saturated heterocycles. The second kappa shape index (κ2) is 12.9. The van der Waals surface area contributed by atoms with Crippen LogP contribution in [0.3, 0.4) is 0 Å². The topological polar surface area (TPSA) is 175 Å². The van der Waals surface area contributed by atoms with Gasteiger partial charge in [0, 0.05) is 68.3 Å². The van der Waals surface area contributed by atoms with E-state index in [1.165, 1.54) is 24.4 Å². The van der Waals surface area contributed by atoms with Crippen molar-refractivity contribution >= 4 is 35.1 Å². The zero-order chi connectivity index (χ0) is 31.4. The van der Waals surface area contributed by atoms with Gasteiger partial charge in [0.1, 0.15) is 0 Å². The van der Waals surface area contributed by atoms with E-state index in [-0.39, 0.29) is 69.9 Å². The molecule has 4 amide bonds. The molecule has 0 spiro atoms. The maximum absolute atomic E-state index is 13.4. The summed E-state index contributed by atoms with van der Waals surface area (Å²) in [6, 6.07) is 6.13. The van der Waals surface area contributed by atoms with Crippen LogP contribution in [0.2, 0.25) is 5.02 Å². The molecule has 44 heavy (non-hydrogen) atoms. The summed E-state index contributed by atoms with van der Waals surface area (Å²) < 4.78 is 40.2. The molecule has 3 aromatic rings. The lowest BCUT2D eigenvalue weighted by atomic mass is 10.1. The zero-order valence-corrected chi connectivity index (χ0v) is 24.0. The van der Waals surface area contributed by atoms with E-state index >= 15 is 0 Å². The number of benzene rings is 1. The van der Waals surface area contributed by atoms with Crippen LogP contribution in [0, 0.1) is 11.3 Å². The third-order valence-corrected chi connectivity index (χ3v) is 7.70. The fourth-order valence-electron chi connectivity index (χ4n) is 5.09. The van der Waals surface area contributed by atoms with E-state index in [1.54, 1.807) is 15.9 Å². The van der Waals surface area contributed by atoms with E-state index in [9.17, 15) is 27.6 Å². The summed E-state index contributed by atoms with van der Waals surface area (Å²) in [5.41, 5.74) is -0.635. The van der Waals surface area contributed by atoms with Gasteiger partial charge in [-0.2, -0.15) is 23.5 Å². The van der Waals surface area contributed by atoms with Gasteiger partial charge in [0.2, 0.25) is 0 Å². The molecule has 232 valence electrons. The molecule has 2 aliphatic heterocycles. The van der Waals surface area contributed by atoms with Gasteiger partial charge in [-0.25, -0.2) is 9.78 Å². The molecule has 5 N–H and O–H groups in total. The molecule has 0 aliphatic carbocycles. The van der Waals surface area contributed by atoms with Crippen LogP contribution < -0.4 is 16.0 Å². The largest absolute Gasteiger partial charge is 0.435 e. The average molecular weight is 633 g/mol. The number of anilines is 1. The van der Waals surface area contributed by atoms with Crippen molar-refractivity contribution in [2.24, 2.45) is 0 Å². The lowest BCUT2D eigenvalue weighted by molar-refractivity contribution is -0.141. The van der Waals surface area contributed by atoms with Crippen molar-refractivity contribution in [1.29, 1.82) is 5.26 Å². The molecule has 0 saturated carbocycles. The van der Waals surface area contributed by atoms with Crippen molar-refractivity contribution in [3.05, 3.63) is 63.5 Å². The molecular weight excluding hydrogens is 605 g/mol. The Morgan fingerprint density at radius 1 is 1.16 bits per heavy atom. The predicted octanol–water partition coefficient (Wildman–Crippen LogP) is 2.54. The van der Waals surface area contributed by atoms with Crippen molar-refractivity contribution in [1.82, 2.24) is 40.6 Å². The molecule has 0 radical (unpaired) electrons. The van der Waals surface area contributed by atoms with Gasteiger partial charge in [-0.05, 0) is 31.2 Å². The van der Waals surface area contributed by atoms with E-state index < -0.39 is 17.8 Å². The second-order valence-corrected chi connectivity index (χ2v) is 10.8. The maximum Gasteiger partial charge on any atom is 0.435 e. The molecule has 4 heterocycles. The molecule has 13 nitrogen and oxygen atoms in total. The minimum atomic E-state index is -4.73. The Bertz CT molecular complexity index is 1580. The van der Waals surface area contributed by atoms with E-state index in [2.05, 4.69) is 36.1 Å². The number of nitrogens with one attached hydrogen (secondary N) is 5. The van der Waals surface area contributed by atoms with Crippen molar-refractivity contribution in [2.45, 2.75) is 31.5 Å². The summed E-state index contributed by atoms with van der Waals surface area (Å²) in [6.07, 6.45) is -3.22. The summed E-state index contributed by atoms with van der Waals surface area (Å²) in [7, 11) is 0. The minimum Gasteiger partial charge on any atom is -0.337 e. The smallest absolute Gasteiger partial charge is 0.337 e. The number of carbonyl (C=O) groups is 3. The van der Waals surface area contributed by atoms with E-state index in [0.717, 1.165) is 19.5 Å². The van der Waals surface area contributed by atoms with Crippen LogP contribution in [0.5, 0.6) is 0 Å². The fraction of sp³-hybridized carbons (Fsp3) is 0.407. The number of hydrogen-bond donors (Lipinski definition) is 5. The van der Waals surface area contributed by atoms with Crippen LogP contribution in [0.25, 0.3) is 0 Å². The van der Waals surface area contributed by atoms with Crippen LogP contribution in [-0.4, -0.2) is 93.1 Å². The number of carbonyl (C=O) groups excluding carboxylic acids is 3. The quantitative estimate of drug-likeness (QED) is 0.266. The number of aromatic amines is 2. The van der Waals surface area contributed by atoms with Gasteiger partial charge in [0.15, 0.2) is 11.5 Å². The molecular formula is C27H28ClF3N10O3. The summed E-state index contributed by atoms with van der Waals surface area (Å²) in [6.45, 7) is 3.05. The van der Waals surface area contributed by atoms with Gasteiger partial charge in [-0.1, -0.05) is 11.6 Å². The number of amides is 4. The molecule has 1 atom stereocenters. The number of aromatic nitrogens is 4. The number of urea groups is 1. The van der Waals surface area contributed by atoms with Crippen LogP contribution in [0.4, 0.5) is 23.7 Å². The Morgan fingerprint density at radius 3 is 2.57 bits per heavy atom. The Balaban J connectivity index is 1.18. The van der Waals surface area contributed by atoms with Gasteiger partial charge in [0.05, 0.1) is 28.8 Å². The number of rotatable bonds is 7. The number of piperazine rings is 1. The first-order valence-corrected chi connectivity index (χ1v) is 14.1. The van der Waals surface area contributed by atoms with E-state index in [0.29, 0.717) is 26.2 Å². The number of halogens is 4. The van der Waals surface area contributed by atoms with E-state index in [1.807, 2.05) is 0 Å². The number of nitrogens with zero attached hydrogens (tertiary/aromatic N) is 5. The highest BCUT2D eigenvalue weighted by Crippen LogP contribution is 2.33. The van der Waals surface area contributed by atoms with Crippen LogP contribution in [-0.2, 0) is 19.0 Å². The molecule has 0 unspecified atom stereocenters. The van der Waals surface area contributed by atoms with Crippen LogP contribution in [0.15, 0.2) is 24.4 Å². The van der Waals surface area contributed by atoms with Crippen molar-refractivity contribution < 1.29 is 27.6 Å². The lowest BCUT2D eigenvalue weighted by Gasteiger charge is -2.35. The minimum absolute atomic E-state index is 0.0224. The first-order valence-electron chi connectivity index (χ1n) is 13.7. The third-order valence-electron chi connectivity index (χ3n) is 7.39. The fourth-order valence-corrected chi connectivity index (χ4v) is 5.35. The Labute approximate surface area is 254 Å². The number of H-pyrrole nitrogens is 2. The highest BCUT2D eigenvalue weighted by Gasteiger charge is 2.38. The van der Waals surface area contributed by atoms with Gasteiger partial charge in [-0.3, -0.25) is 14.7 Å². The zero-order valence-electron chi connectivity index (χ0n) is 23.2. The second-order valence-electron chi connectivity index (χ2n) is 10.4. The average Bonchev–Trinajstić information content (AvgIpc) is 3.76.